The van der Waals surface area contributed by atoms with Crippen LogP contribution in [0.25, 0.3) is 11.4 Å². The number of hydrogen-bond acceptors (Lipinski definition) is 6. The lowest BCUT2D eigenvalue weighted by atomic mass is 10.2. The van der Waals surface area contributed by atoms with Crippen LogP contribution < -0.4 is 4.74 Å². The quantitative estimate of drug-likeness (QED) is 0.843. The third kappa shape index (κ3) is 3.52. The normalized spacial score (nSPS) is 10.9. The Morgan fingerprint density at radius 2 is 2.26 bits per heavy atom. The first-order valence-electron chi connectivity index (χ1n) is 5.99. The summed E-state index contributed by atoms with van der Waals surface area (Å²) >= 11 is 0. The molecule has 0 aliphatic carbocycles. The predicted octanol–water partition coefficient (Wildman–Crippen LogP) is 1.17. The summed E-state index contributed by atoms with van der Waals surface area (Å²) in [6.45, 7) is 1.18. The van der Waals surface area contributed by atoms with Gasteiger partial charge in [0.15, 0.2) is 0 Å². The van der Waals surface area contributed by atoms with E-state index in [1.54, 1.807) is 7.11 Å². The number of aromatic nitrogens is 2. The van der Waals surface area contributed by atoms with Crippen LogP contribution in [0.4, 0.5) is 0 Å². The second-order valence-corrected chi connectivity index (χ2v) is 4.21. The van der Waals surface area contributed by atoms with Gasteiger partial charge in [0.1, 0.15) is 5.75 Å². The molecule has 1 aromatic carbocycles. The van der Waals surface area contributed by atoms with E-state index in [9.17, 15) is 0 Å². The lowest BCUT2D eigenvalue weighted by Crippen LogP contribution is -2.21. The highest BCUT2D eigenvalue weighted by atomic mass is 16.5. The summed E-state index contributed by atoms with van der Waals surface area (Å²) in [4.78, 5) is 6.23. The molecule has 0 amide bonds. The Bertz CT molecular complexity index is 527. The minimum atomic E-state index is 0.105. The molecular weight excluding hydrogens is 246 g/mol. The molecule has 0 atom stereocenters. The molecule has 0 saturated carbocycles. The van der Waals surface area contributed by atoms with E-state index in [2.05, 4.69) is 10.1 Å². The first kappa shape index (κ1) is 13.5. The van der Waals surface area contributed by atoms with Crippen LogP contribution in [-0.4, -0.2) is 47.5 Å². The summed E-state index contributed by atoms with van der Waals surface area (Å²) in [5.41, 5.74) is 0.846. The molecule has 6 nitrogen and oxygen atoms in total. The molecule has 0 bridgehead atoms. The monoisotopic (exact) mass is 263 g/mol. The zero-order valence-electron chi connectivity index (χ0n) is 11.0. The number of nitrogens with zero attached hydrogens (tertiary/aromatic N) is 3. The van der Waals surface area contributed by atoms with Crippen molar-refractivity contribution in [1.29, 1.82) is 0 Å². The number of benzene rings is 1. The standard InChI is InChI=1S/C13H17N3O3/c1-16(6-7-17)9-12-14-13(15-19-12)10-4-3-5-11(8-10)18-2/h3-5,8,17H,6-7,9H2,1-2H3. The summed E-state index contributed by atoms with van der Waals surface area (Å²) in [7, 11) is 3.50. The highest BCUT2D eigenvalue weighted by Gasteiger charge is 2.11. The highest BCUT2D eigenvalue weighted by molar-refractivity contribution is 5.56. The zero-order valence-corrected chi connectivity index (χ0v) is 11.0. The number of aliphatic hydroxyl groups excluding tert-OH is 1. The first-order valence-corrected chi connectivity index (χ1v) is 5.99. The number of ether oxygens (including phenoxy) is 1. The second kappa shape index (κ2) is 6.31. The van der Waals surface area contributed by atoms with E-state index in [0.29, 0.717) is 24.8 Å². The number of hydrogen-bond donors (Lipinski definition) is 1. The number of likely N-dealkylation sites (N-methyl/N-ethyl adjacent to an activating group) is 1. The van der Waals surface area contributed by atoms with Crippen molar-refractivity contribution >= 4 is 0 Å². The third-order valence-electron chi connectivity index (χ3n) is 2.68. The molecule has 1 heterocycles. The van der Waals surface area contributed by atoms with E-state index in [4.69, 9.17) is 14.4 Å². The minimum Gasteiger partial charge on any atom is -0.497 e. The smallest absolute Gasteiger partial charge is 0.241 e. The number of rotatable bonds is 6. The van der Waals surface area contributed by atoms with Gasteiger partial charge in [0, 0.05) is 12.1 Å². The molecule has 0 spiro atoms. The van der Waals surface area contributed by atoms with Crippen LogP contribution in [-0.2, 0) is 6.54 Å². The Hall–Kier alpha value is -1.92. The van der Waals surface area contributed by atoms with Crippen molar-refractivity contribution in [1.82, 2.24) is 15.0 Å². The fraction of sp³-hybridized carbons (Fsp3) is 0.385. The lowest BCUT2D eigenvalue weighted by Gasteiger charge is -2.10. The Morgan fingerprint density at radius 1 is 1.42 bits per heavy atom. The molecule has 0 fully saturated rings. The fourth-order valence-corrected chi connectivity index (χ4v) is 1.68. The molecule has 0 aliphatic rings. The summed E-state index contributed by atoms with van der Waals surface area (Å²) < 4.78 is 10.3. The molecule has 1 aromatic heterocycles. The van der Waals surface area contributed by atoms with Gasteiger partial charge in [-0.15, -0.1) is 0 Å². The number of methoxy groups -OCH3 is 1. The minimum absolute atomic E-state index is 0.105. The van der Waals surface area contributed by atoms with Crippen molar-refractivity contribution < 1.29 is 14.4 Å². The van der Waals surface area contributed by atoms with E-state index in [0.717, 1.165) is 11.3 Å². The van der Waals surface area contributed by atoms with Crippen molar-refractivity contribution in [2.45, 2.75) is 6.54 Å². The molecule has 0 aliphatic heterocycles. The van der Waals surface area contributed by atoms with Gasteiger partial charge in [0.25, 0.3) is 0 Å². The van der Waals surface area contributed by atoms with Gasteiger partial charge in [0.05, 0.1) is 20.3 Å². The van der Waals surface area contributed by atoms with Gasteiger partial charge in [-0.1, -0.05) is 17.3 Å². The summed E-state index contributed by atoms with van der Waals surface area (Å²) in [6, 6.07) is 7.49. The van der Waals surface area contributed by atoms with E-state index in [-0.39, 0.29) is 6.61 Å². The Balaban J connectivity index is 2.11. The summed E-state index contributed by atoms with van der Waals surface area (Å²) in [5, 5.41) is 12.8. The maximum atomic E-state index is 8.83. The van der Waals surface area contributed by atoms with Crippen LogP contribution >= 0.6 is 0 Å². The molecule has 2 aromatic rings. The maximum Gasteiger partial charge on any atom is 0.241 e. The average Bonchev–Trinajstić information content (AvgIpc) is 2.87. The molecule has 0 radical (unpaired) electrons. The van der Waals surface area contributed by atoms with Crippen molar-refractivity contribution in [2.24, 2.45) is 0 Å². The van der Waals surface area contributed by atoms with Gasteiger partial charge in [-0.3, -0.25) is 4.90 Å². The molecular formula is C13H17N3O3. The highest BCUT2D eigenvalue weighted by Crippen LogP contribution is 2.21. The van der Waals surface area contributed by atoms with E-state index >= 15 is 0 Å². The first-order chi connectivity index (χ1) is 9.22. The van der Waals surface area contributed by atoms with Crippen LogP contribution in [0.15, 0.2) is 28.8 Å². The van der Waals surface area contributed by atoms with Gasteiger partial charge < -0.3 is 14.4 Å². The van der Waals surface area contributed by atoms with E-state index < -0.39 is 0 Å². The van der Waals surface area contributed by atoms with Crippen molar-refractivity contribution in [3.63, 3.8) is 0 Å². The SMILES string of the molecule is COc1cccc(-c2noc(CN(C)CCO)n2)c1. The second-order valence-electron chi connectivity index (χ2n) is 4.21. The Labute approximate surface area is 111 Å². The average molecular weight is 263 g/mol. The fourth-order valence-electron chi connectivity index (χ4n) is 1.68. The van der Waals surface area contributed by atoms with Crippen LogP contribution in [0.3, 0.4) is 0 Å². The van der Waals surface area contributed by atoms with Crippen molar-refractivity contribution in [3.05, 3.63) is 30.2 Å². The molecule has 1 N–H and O–H groups in total. The summed E-state index contributed by atoms with van der Waals surface area (Å²) in [5.74, 6) is 1.81. The Kier molecular flexibility index (Phi) is 4.48. The van der Waals surface area contributed by atoms with Crippen LogP contribution in [0.5, 0.6) is 5.75 Å². The summed E-state index contributed by atoms with van der Waals surface area (Å²) in [6.07, 6.45) is 0. The third-order valence-corrected chi connectivity index (χ3v) is 2.68. The van der Waals surface area contributed by atoms with Gasteiger partial charge in [0.2, 0.25) is 11.7 Å². The molecule has 2 rings (SSSR count). The molecule has 0 saturated heterocycles. The van der Waals surface area contributed by atoms with Gasteiger partial charge in [-0.05, 0) is 19.2 Å². The zero-order chi connectivity index (χ0) is 13.7. The van der Waals surface area contributed by atoms with Crippen molar-refractivity contribution in [2.75, 3.05) is 27.3 Å². The Morgan fingerprint density at radius 3 is 3.00 bits per heavy atom. The molecule has 6 heteroatoms. The van der Waals surface area contributed by atoms with Crippen LogP contribution in [0.1, 0.15) is 5.89 Å². The van der Waals surface area contributed by atoms with Gasteiger partial charge in [-0.25, -0.2) is 0 Å². The lowest BCUT2D eigenvalue weighted by molar-refractivity contribution is 0.200. The van der Waals surface area contributed by atoms with Crippen LogP contribution in [0.2, 0.25) is 0 Å². The maximum absolute atomic E-state index is 8.83. The van der Waals surface area contributed by atoms with Crippen LogP contribution in [0, 0.1) is 0 Å². The topological polar surface area (TPSA) is 71.6 Å². The molecule has 102 valence electrons. The van der Waals surface area contributed by atoms with E-state index in [1.165, 1.54) is 0 Å². The van der Waals surface area contributed by atoms with Crippen molar-refractivity contribution in [3.8, 4) is 17.1 Å². The van der Waals surface area contributed by atoms with Gasteiger partial charge >= 0.3 is 0 Å². The molecule has 0 unspecified atom stereocenters. The van der Waals surface area contributed by atoms with Gasteiger partial charge in [-0.2, -0.15) is 4.98 Å². The predicted molar refractivity (Wildman–Crippen MR) is 69.7 cm³/mol. The molecule has 19 heavy (non-hydrogen) atoms. The largest absolute Gasteiger partial charge is 0.497 e. The number of aliphatic hydroxyl groups is 1. The van der Waals surface area contributed by atoms with E-state index in [1.807, 2.05) is 36.2 Å².